The molecule has 2 unspecified atom stereocenters. The first-order valence-corrected chi connectivity index (χ1v) is 6.12. The molecule has 2 aromatic heterocycles. The van der Waals surface area contributed by atoms with Crippen molar-refractivity contribution in [3.8, 4) is 5.88 Å². The van der Waals surface area contributed by atoms with E-state index in [9.17, 15) is 5.11 Å². The van der Waals surface area contributed by atoms with Gasteiger partial charge in [0.1, 0.15) is 12.3 Å². The van der Waals surface area contributed by atoms with Gasteiger partial charge >= 0.3 is 0 Å². The molecule has 1 aliphatic rings. The standard InChI is InChI=1S/C11H15N5O4/c1-19-10-8-9(14-11(12)15-10)16(4-13-8)7-2-5(18)6(3-17)20-7/h4-7,17-18H,2-3H2,1H3,(H2,12,14,15)/t5-,6?,7?/m1/s1. The fourth-order valence-corrected chi connectivity index (χ4v) is 2.31. The highest BCUT2D eigenvalue weighted by Gasteiger charge is 2.35. The summed E-state index contributed by atoms with van der Waals surface area (Å²) in [5.41, 5.74) is 6.56. The molecule has 2 aromatic rings. The first kappa shape index (κ1) is 13.0. The van der Waals surface area contributed by atoms with Gasteiger partial charge in [0.2, 0.25) is 11.8 Å². The number of nitrogens with zero attached hydrogens (tertiary/aromatic N) is 4. The van der Waals surface area contributed by atoms with E-state index in [4.69, 9.17) is 20.3 Å². The molecular weight excluding hydrogens is 266 g/mol. The zero-order chi connectivity index (χ0) is 14.3. The van der Waals surface area contributed by atoms with E-state index in [1.165, 1.54) is 13.4 Å². The van der Waals surface area contributed by atoms with E-state index in [0.717, 1.165) is 0 Å². The number of rotatable bonds is 3. The predicted octanol–water partition coefficient (Wildman–Crippen LogP) is -0.942. The van der Waals surface area contributed by atoms with Crippen LogP contribution in [0.3, 0.4) is 0 Å². The molecule has 1 fully saturated rings. The molecule has 0 bridgehead atoms. The number of ether oxygens (including phenoxy) is 2. The van der Waals surface area contributed by atoms with E-state index < -0.39 is 18.4 Å². The van der Waals surface area contributed by atoms with Gasteiger partial charge in [0.25, 0.3) is 0 Å². The number of aliphatic hydroxyl groups excluding tert-OH is 2. The van der Waals surface area contributed by atoms with Crippen LogP contribution in [0.5, 0.6) is 5.88 Å². The Kier molecular flexibility index (Phi) is 3.16. The minimum Gasteiger partial charge on any atom is -0.479 e. The second-order valence-electron chi connectivity index (χ2n) is 4.53. The molecule has 0 amide bonds. The predicted molar refractivity (Wildman–Crippen MR) is 67.9 cm³/mol. The lowest BCUT2D eigenvalue weighted by Crippen LogP contribution is -2.24. The maximum absolute atomic E-state index is 9.78. The first-order valence-electron chi connectivity index (χ1n) is 6.12. The van der Waals surface area contributed by atoms with Crippen molar-refractivity contribution in [3.05, 3.63) is 6.33 Å². The zero-order valence-corrected chi connectivity index (χ0v) is 10.8. The molecule has 9 heteroatoms. The number of nitrogen functional groups attached to an aromatic ring is 1. The lowest BCUT2D eigenvalue weighted by molar-refractivity contribution is -0.0432. The molecule has 0 aliphatic carbocycles. The summed E-state index contributed by atoms with van der Waals surface area (Å²) in [7, 11) is 1.47. The zero-order valence-electron chi connectivity index (χ0n) is 10.8. The van der Waals surface area contributed by atoms with Crippen molar-refractivity contribution in [1.82, 2.24) is 19.5 Å². The third kappa shape index (κ3) is 1.96. The average molecular weight is 281 g/mol. The maximum Gasteiger partial charge on any atom is 0.246 e. The van der Waals surface area contributed by atoms with Gasteiger partial charge in [0.15, 0.2) is 11.2 Å². The average Bonchev–Trinajstić information content (AvgIpc) is 3.00. The minimum absolute atomic E-state index is 0.0633. The number of imidazole rings is 1. The van der Waals surface area contributed by atoms with Crippen molar-refractivity contribution >= 4 is 17.1 Å². The maximum atomic E-state index is 9.78. The molecule has 0 saturated carbocycles. The molecule has 108 valence electrons. The number of nitrogens with two attached hydrogens (primary N) is 1. The molecule has 3 heterocycles. The van der Waals surface area contributed by atoms with Gasteiger partial charge < -0.3 is 25.4 Å². The second-order valence-corrected chi connectivity index (χ2v) is 4.53. The van der Waals surface area contributed by atoms with Crippen molar-refractivity contribution in [3.63, 3.8) is 0 Å². The Morgan fingerprint density at radius 1 is 1.55 bits per heavy atom. The molecule has 0 spiro atoms. The Bertz CT molecular complexity index is 631. The van der Waals surface area contributed by atoms with Crippen molar-refractivity contribution in [1.29, 1.82) is 0 Å². The van der Waals surface area contributed by atoms with Crippen LogP contribution in [0.4, 0.5) is 5.95 Å². The normalized spacial score (nSPS) is 26.2. The van der Waals surface area contributed by atoms with Gasteiger partial charge in [0.05, 0.1) is 26.1 Å². The largest absolute Gasteiger partial charge is 0.479 e. The number of anilines is 1. The summed E-state index contributed by atoms with van der Waals surface area (Å²) in [6, 6.07) is 0. The van der Waals surface area contributed by atoms with Crippen LogP contribution < -0.4 is 10.5 Å². The molecule has 20 heavy (non-hydrogen) atoms. The fourth-order valence-electron chi connectivity index (χ4n) is 2.31. The van der Waals surface area contributed by atoms with Crippen LogP contribution in [-0.2, 0) is 4.74 Å². The summed E-state index contributed by atoms with van der Waals surface area (Å²) in [6.07, 6.45) is 0.0506. The Morgan fingerprint density at radius 2 is 2.35 bits per heavy atom. The summed E-state index contributed by atoms with van der Waals surface area (Å²) in [5, 5.41) is 18.9. The van der Waals surface area contributed by atoms with Crippen LogP contribution >= 0.6 is 0 Å². The van der Waals surface area contributed by atoms with Crippen LogP contribution in [0.15, 0.2) is 6.33 Å². The molecule has 0 aromatic carbocycles. The van der Waals surface area contributed by atoms with Crippen molar-refractivity contribution < 1.29 is 19.7 Å². The molecular formula is C11H15N5O4. The lowest BCUT2D eigenvalue weighted by atomic mass is 10.2. The SMILES string of the molecule is COc1nc(N)nc2c1ncn2C1C[C@@H](O)C(CO)O1. The third-order valence-corrected chi connectivity index (χ3v) is 3.29. The van der Waals surface area contributed by atoms with Crippen LogP contribution in [0.2, 0.25) is 0 Å². The Hall–Kier alpha value is -1.97. The number of hydrogen-bond donors (Lipinski definition) is 3. The molecule has 4 N–H and O–H groups in total. The highest BCUT2D eigenvalue weighted by molar-refractivity contribution is 5.77. The van der Waals surface area contributed by atoms with E-state index in [0.29, 0.717) is 17.6 Å². The summed E-state index contributed by atoms with van der Waals surface area (Å²) in [6.45, 7) is -0.245. The third-order valence-electron chi connectivity index (χ3n) is 3.29. The van der Waals surface area contributed by atoms with Gasteiger partial charge in [-0.1, -0.05) is 0 Å². The van der Waals surface area contributed by atoms with Crippen LogP contribution in [0.1, 0.15) is 12.6 Å². The van der Waals surface area contributed by atoms with E-state index in [1.807, 2.05) is 0 Å². The van der Waals surface area contributed by atoms with Crippen LogP contribution in [0, 0.1) is 0 Å². The van der Waals surface area contributed by atoms with Gasteiger partial charge in [-0.3, -0.25) is 4.57 Å². The monoisotopic (exact) mass is 281 g/mol. The van der Waals surface area contributed by atoms with Gasteiger partial charge in [-0.25, -0.2) is 4.98 Å². The van der Waals surface area contributed by atoms with Crippen LogP contribution in [-0.4, -0.2) is 55.7 Å². The summed E-state index contributed by atoms with van der Waals surface area (Å²) in [4.78, 5) is 12.3. The van der Waals surface area contributed by atoms with E-state index >= 15 is 0 Å². The number of aromatic nitrogens is 4. The second kappa shape index (κ2) is 4.85. The summed E-state index contributed by atoms with van der Waals surface area (Å²) >= 11 is 0. The lowest BCUT2D eigenvalue weighted by Gasteiger charge is -2.13. The Morgan fingerprint density at radius 3 is 3.00 bits per heavy atom. The van der Waals surface area contributed by atoms with Crippen molar-refractivity contribution in [2.45, 2.75) is 24.9 Å². The fraction of sp³-hybridized carbons (Fsp3) is 0.545. The first-order chi connectivity index (χ1) is 9.63. The van der Waals surface area contributed by atoms with E-state index in [2.05, 4.69) is 15.0 Å². The smallest absolute Gasteiger partial charge is 0.246 e. The minimum atomic E-state index is -0.733. The van der Waals surface area contributed by atoms with Crippen LogP contribution in [0.25, 0.3) is 11.2 Å². The molecule has 9 nitrogen and oxygen atoms in total. The van der Waals surface area contributed by atoms with Gasteiger partial charge in [0, 0.05) is 6.42 Å². The summed E-state index contributed by atoms with van der Waals surface area (Å²) < 4.78 is 12.3. The molecule has 3 rings (SSSR count). The van der Waals surface area contributed by atoms with Gasteiger partial charge in [-0.15, -0.1) is 0 Å². The molecule has 0 radical (unpaired) electrons. The Balaban J connectivity index is 2.03. The number of methoxy groups -OCH3 is 1. The number of fused-ring (bicyclic) bond motifs is 1. The van der Waals surface area contributed by atoms with Crippen molar-refractivity contribution in [2.75, 3.05) is 19.5 Å². The van der Waals surface area contributed by atoms with E-state index in [1.54, 1.807) is 4.57 Å². The molecule has 1 saturated heterocycles. The van der Waals surface area contributed by atoms with Gasteiger partial charge in [-0.05, 0) is 0 Å². The highest BCUT2D eigenvalue weighted by Crippen LogP contribution is 2.32. The molecule has 1 aliphatic heterocycles. The topological polar surface area (TPSA) is 129 Å². The summed E-state index contributed by atoms with van der Waals surface area (Å²) in [5.74, 6) is 0.344. The van der Waals surface area contributed by atoms with Gasteiger partial charge in [-0.2, -0.15) is 9.97 Å². The quantitative estimate of drug-likeness (QED) is 0.657. The molecule has 3 atom stereocenters. The Labute approximate surface area is 114 Å². The highest BCUT2D eigenvalue weighted by atomic mass is 16.5. The van der Waals surface area contributed by atoms with E-state index in [-0.39, 0.29) is 18.4 Å². The van der Waals surface area contributed by atoms with Crippen molar-refractivity contribution in [2.24, 2.45) is 0 Å². The number of aliphatic hydroxyl groups is 2. The number of hydrogen-bond acceptors (Lipinski definition) is 8.